The molecule has 0 saturated heterocycles. The van der Waals surface area contributed by atoms with Crippen molar-refractivity contribution in [2.24, 2.45) is 5.41 Å². The molecule has 2 aromatic heterocycles. The molecule has 2 amide bonds. The molecule has 4 saturated carbocycles. The Morgan fingerprint density at radius 3 is 2.60 bits per heavy atom. The van der Waals surface area contributed by atoms with Crippen molar-refractivity contribution in [3.8, 4) is 0 Å². The highest BCUT2D eigenvalue weighted by Crippen LogP contribution is 2.73. The zero-order chi connectivity index (χ0) is 30.3. The van der Waals surface area contributed by atoms with Gasteiger partial charge in [-0.1, -0.05) is 12.1 Å². The smallest absolute Gasteiger partial charge is 0.414 e. The minimum atomic E-state index is -0.688. The first-order chi connectivity index (χ1) is 20.5. The van der Waals surface area contributed by atoms with Crippen LogP contribution >= 0.6 is 0 Å². The minimum Gasteiger partial charge on any atom is -0.443 e. The van der Waals surface area contributed by atoms with Gasteiger partial charge < -0.3 is 24.5 Å². The largest absolute Gasteiger partial charge is 0.443 e. The lowest BCUT2D eigenvalue weighted by atomic mass is 9.34. The zero-order valence-corrected chi connectivity index (χ0v) is 25.3. The number of anilines is 3. The quantitative estimate of drug-likeness (QED) is 0.407. The van der Waals surface area contributed by atoms with E-state index in [0.29, 0.717) is 23.7 Å². The summed E-state index contributed by atoms with van der Waals surface area (Å²) in [6.45, 7) is 6.15. The first-order valence-electron chi connectivity index (χ1n) is 15.0. The van der Waals surface area contributed by atoms with Crippen LogP contribution in [0, 0.1) is 5.41 Å². The molecule has 43 heavy (non-hydrogen) atoms. The van der Waals surface area contributed by atoms with E-state index in [9.17, 15) is 14.4 Å². The van der Waals surface area contributed by atoms with E-state index in [-0.39, 0.29) is 34.6 Å². The van der Waals surface area contributed by atoms with Gasteiger partial charge in [0.05, 0.1) is 24.0 Å². The van der Waals surface area contributed by atoms with E-state index < -0.39 is 11.7 Å². The predicted molar refractivity (Wildman–Crippen MR) is 160 cm³/mol. The van der Waals surface area contributed by atoms with Crippen LogP contribution in [-0.4, -0.2) is 71.3 Å². The van der Waals surface area contributed by atoms with Gasteiger partial charge in [-0.3, -0.25) is 9.69 Å². The predicted octanol–water partition coefficient (Wildman–Crippen LogP) is 4.32. The van der Waals surface area contributed by atoms with Crippen molar-refractivity contribution in [3.63, 3.8) is 0 Å². The third-order valence-electron chi connectivity index (χ3n) is 9.72. The highest BCUT2D eigenvalue weighted by atomic mass is 16.6. The summed E-state index contributed by atoms with van der Waals surface area (Å²) in [4.78, 5) is 46.3. The number of ether oxygens (including phenoxy) is 2. The number of nitrogens with zero attached hydrogens (tertiary/aromatic N) is 5. The number of aldehydes is 1. The molecular formula is C32H38N6O5. The molecule has 0 radical (unpaired) electrons. The maximum absolute atomic E-state index is 13.5. The summed E-state index contributed by atoms with van der Waals surface area (Å²) in [5.41, 5.74) is 4.10. The summed E-state index contributed by atoms with van der Waals surface area (Å²) in [5, 5.41) is 7.99. The van der Waals surface area contributed by atoms with Crippen molar-refractivity contribution in [2.75, 3.05) is 30.5 Å². The van der Waals surface area contributed by atoms with E-state index in [1.54, 1.807) is 14.2 Å². The maximum Gasteiger partial charge on any atom is 0.414 e. The summed E-state index contributed by atoms with van der Waals surface area (Å²) in [7, 11) is 3.29. The fourth-order valence-electron chi connectivity index (χ4n) is 7.51. The highest BCUT2D eigenvalue weighted by Gasteiger charge is 2.69. The van der Waals surface area contributed by atoms with Crippen LogP contribution in [0.3, 0.4) is 0 Å². The molecule has 1 aliphatic heterocycles. The number of benzene rings is 1. The zero-order valence-electron chi connectivity index (χ0n) is 25.3. The van der Waals surface area contributed by atoms with Gasteiger partial charge in [-0.25, -0.2) is 14.3 Å². The summed E-state index contributed by atoms with van der Waals surface area (Å²) in [5.74, 6) is 0.299. The first kappa shape index (κ1) is 27.8. The van der Waals surface area contributed by atoms with Crippen LogP contribution in [0.25, 0.3) is 5.65 Å². The number of methoxy groups -OCH3 is 1. The Balaban J connectivity index is 1.28. The molecule has 0 unspecified atom stereocenters. The molecule has 4 aliphatic carbocycles. The molecule has 3 aromatic rings. The molecule has 2 atom stereocenters. The van der Waals surface area contributed by atoms with Gasteiger partial charge in [-0.05, 0) is 81.9 Å². The van der Waals surface area contributed by atoms with E-state index in [2.05, 4.69) is 33.4 Å². The monoisotopic (exact) mass is 586 g/mol. The topological polar surface area (TPSA) is 118 Å². The Hall–Kier alpha value is -3.99. The SMILES string of the molecule is CO[C@@H]1CC[C@H]1NC(=O)c1cnc2c(N(C)C(=O)OC(C)(C)C)cc(N3CCc4c3cccc4C34CC(C=O)(C3)C4)nn12. The maximum atomic E-state index is 13.5. The average Bonchev–Trinajstić information content (AvgIpc) is 3.53. The number of fused-ring (bicyclic) bond motifs is 2. The number of carbonyl (C=O) groups is 3. The second-order valence-corrected chi connectivity index (χ2v) is 13.7. The van der Waals surface area contributed by atoms with Crippen LogP contribution in [0.2, 0.25) is 0 Å². The first-order valence-corrected chi connectivity index (χ1v) is 15.0. The van der Waals surface area contributed by atoms with Crippen LogP contribution in [0.4, 0.5) is 22.0 Å². The lowest BCUT2D eigenvalue weighted by Gasteiger charge is -2.69. The van der Waals surface area contributed by atoms with Crippen molar-refractivity contribution >= 4 is 41.1 Å². The molecule has 1 N–H and O–H groups in total. The van der Waals surface area contributed by atoms with Crippen molar-refractivity contribution < 1.29 is 23.9 Å². The minimum absolute atomic E-state index is 0.0155. The van der Waals surface area contributed by atoms with Gasteiger partial charge in [0.25, 0.3) is 5.91 Å². The van der Waals surface area contributed by atoms with Gasteiger partial charge in [-0.15, -0.1) is 5.10 Å². The summed E-state index contributed by atoms with van der Waals surface area (Å²) in [6, 6.07) is 8.15. The van der Waals surface area contributed by atoms with Gasteiger partial charge in [0.1, 0.15) is 11.9 Å². The molecule has 1 aromatic carbocycles. The van der Waals surface area contributed by atoms with Crippen LogP contribution in [0.5, 0.6) is 0 Å². The second-order valence-electron chi connectivity index (χ2n) is 13.7. The Morgan fingerprint density at radius 2 is 1.95 bits per heavy atom. The molecule has 5 aliphatic rings. The van der Waals surface area contributed by atoms with Crippen LogP contribution in [-0.2, 0) is 26.1 Å². The third kappa shape index (κ3) is 4.30. The van der Waals surface area contributed by atoms with E-state index in [1.807, 2.05) is 26.8 Å². The number of imidazole rings is 1. The van der Waals surface area contributed by atoms with Crippen molar-refractivity contribution in [1.82, 2.24) is 19.9 Å². The Kier molecular flexibility index (Phi) is 6.15. The average molecular weight is 587 g/mol. The fourth-order valence-corrected chi connectivity index (χ4v) is 7.51. The molecule has 2 bridgehead atoms. The van der Waals surface area contributed by atoms with Gasteiger partial charge in [0, 0.05) is 37.9 Å². The van der Waals surface area contributed by atoms with E-state index >= 15 is 0 Å². The number of hydrogen-bond acceptors (Lipinski definition) is 8. The number of rotatable bonds is 7. The number of amides is 2. The Morgan fingerprint density at radius 1 is 1.19 bits per heavy atom. The van der Waals surface area contributed by atoms with Crippen molar-refractivity contribution in [1.29, 1.82) is 0 Å². The van der Waals surface area contributed by atoms with Gasteiger partial charge in [-0.2, -0.15) is 0 Å². The summed E-state index contributed by atoms with van der Waals surface area (Å²) < 4.78 is 12.7. The van der Waals surface area contributed by atoms with Gasteiger partial charge in [0.2, 0.25) is 0 Å². The van der Waals surface area contributed by atoms with Gasteiger partial charge >= 0.3 is 6.09 Å². The highest BCUT2D eigenvalue weighted by molar-refractivity contribution is 5.97. The number of aromatic nitrogens is 3. The molecule has 0 spiro atoms. The number of nitrogens with one attached hydrogen (secondary N) is 1. The van der Waals surface area contributed by atoms with Crippen molar-refractivity contribution in [3.05, 3.63) is 47.3 Å². The second kappa shape index (κ2) is 9.51. The molecule has 8 rings (SSSR count). The molecule has 3 heterocycles. The molecule has 4 fully saturated rings. The lowest BCUT2D eigenvalue weighted by molar-refractivity contribution is -0.159. The standard InChI is InChI=1S/C32H38N6O5/c1-30(2,3)43-29(41)36(4)23-13-26(35-38-24(14-33-27(23)38)28(40)34-21-9-10-25(21)42-5)37-12-11-19-20(7-6-8-22(19)37)32-15-31(16-32,17-32)18-39/h6-8,13-14,18,21,25H,9-12,15-17H2,1-5H3,(H,34,40)/t21-,25-,31?,32?/m1/s1. The van der Waals surface area contributed by atoms with Crippen LogP contribution < -0.4 is 15.1 Å². The molecule has 226 valence electrons. The molecule has 11 heteroatoms. The van der Waals surface area contributed by atoms with E-state index in [1.165, 1.54) is 26.7 Å². The number of hydrogen-bond donors (Lipinski definition) is 1. The summed E-state index contributed by atoms with van der Waals surface area (Å²) >= 11 is 0. The Labute approximate surface area is 250 Å². The van der Waals surface area contributed by atoms with Gasteiger partial charge in [0.15, 0.2) is 17.2 Å². The fraction of sp³-hybridized carbons (Fsp3) is 0.531. The van der Waals surface area contributed by atoms with E-state index in [0.717, 1.165) is 50.5 Å². The third-order valence-corrected chi connectivity index (χ3v) is 9.72. The molecule has 11 nitrogen and oxygen atoms in total. The normalized spacial score (nSPS) is 27.0. The Bertz CT molecular complexity index is 1640. The lowest BCUT2D eigenvalue weighted by Crippen LogP contribution is -2.65. The number of carbonyl (C=O) groups excluding carboxylic acids is 3. The van der Waals surface area contributed by atoms with Crippen LogP contribution in [0.15, 0.2) is 30.5 Å². The summed E-state index contributed by atoms with van der Waals surface area (Å²) in [6.07, 6.45) is 7.45. The molecular weight excluding hydrogens is 548 g/mol. The van der Waals surface area contributed by atoms with E-state index in [4.69, 9.17) is 14.6 Å². The van der Waals surface area contributed by atoms with Crippen LogP contribution in [0.1, 0.15) is 74.5 Å². The van der Waals surface area contributed by atoms with Crippen molar-refractivity contribution in [2.45, 2.75) is 82.5 Å².